The molecule has 0 bridgehead atoms. The van der Waals surface area contributed by atoms with Crippen molar-refractivity contribution in [1.82, 2.24) is 24.4 Å². The maximum Gasteiger partial charge on any atom is 0.234 e. The molecule has 0 spiro atoms. The predicted octanol–water partition coefficient (Wildman–Crippen LogP) is 1.88. The first kappa shape index (κ1) is 18.2. The number of aryl methyl sites for hydroxylation is 1. The average molecular weight is 358 g/mol. The van der Waals surface area contributed by atoms with Gasteiger partial charge >= 0.3 is 0 Å². The van der Waals surface area contributed by atoms with Crippen LogP contribution in [0, 0.1) is 11.8 Å². The van der Waals surface area contributed by atoms with E-state index >= 15 is 0 Å². The molecule has 8 heteroatoms. The Labute approximate surface area is 153 Å². The number of hydrogen-bond donors (Lipinski definition) is 1. The van der Waals surface area contributed by atoms with Gasteiger partial charge in [0.25, 0.3) is 0 Å². The molecule has 1 aliphatic rings. The highest BCUT2D eigenvalue weighted by molar-refractivity contribution is 5.79. The third-order valence-corrected chi connectivity index (χ3v) is 4.54. The van der Waals surface area contributed by atoms with Gasteiger partial charge in [-0.2, -0.15) is 4.98 Å². The van der Waals surface area contributed by atoms with Gasteiger partial charge in [0.1, 0.15) is 11.6 Å². The monoisotopic (exact) mass is 358 g/mol. The Hall–Kier alpha value is -2.64. The fraction of sp³-hybridized carbons (Fsp3) is 0.556. The average Bonchev–Trinajstić information content (AvgIpc) is 3.15. The molecule has 1 aliphatic heterocycles. The number of hydrogen-bond acceptors (Lipinski definition) is 6. The fourth-order valence-corrected chi connectivity index (χ4v) is 3.17. The second kappa shape index (κ2) is 7.72. The van der Waals surface area contributed by atoms with Gasteiger partial charge in [0, 0.05) is 45.4 Å². The largest absolute Gasteiger partial charge is 0.476 e. The van der Waals surface area contributed by atoms with Crippen molar-refractivity contribution in [3.05, 3.63) is 30.6 Å². The van der Waals surface area contributed by atoms with E-state index in [1.807, 2.05) is 24.9 Å². The van der Waals surface area contributed by atoms with Gasteiger partial charge < -0.3 is 19.5 Å². The van der Waals surface area contributed by atoms with Crippen molar-refractivity contribution in [1.29, 1.82) is 0 Å². The predicted molar refractivity (Wildman–Crippen MR) is 97.7 cm³/mol. The van der Waals surface area contributed by atoms with Crippen LogP contribution in [-0.4, -0.2) is 50.5 Å². The second-order valence-electron chi connectivity index (χ2n) is 7.14. The summed E-state index contributed by atoms with van der Waals surface area (Å²) in [5, 5.41) is 3.30. The molecule has 0 aromatic carbocycles. The topological polar surface area (TPSA) is 85.2 Å². The number of imidazole rings is 1. The third-order valence-electron chi connectivity index (χ3n) is 4.54. The Morgan fingerprint density at radius 1 is 1.35 bits per heavy atom. The molecular weight excluding hydrogens is 332 g/mol. The Morgan fingerprint density at radius 3 is 2.85 bits per heavy atom. The lowest BCUT2D eigenvalue weighted by molar-refractivity contribution is -0.127. The van der Waals surface area contributed by atoms with Crippen LogP contribution in [0.1, 0.15) is 32.1 Å². The van der Waals surface area contributed by atoms with Crippen molar-refractivity contribution < 1.29 is 9.53 Å². The van der Waals surface area contributed by atoms with Crippen molar-refractivity contribution in [2.45, 2.75) is 26.3 Å². The van der Waals surface area contributed by atoms with Crippen LogP contribution in [0.5, 0.6) is 5.88 Å². The molecule has 8 nitrogen and oxygen atoms in total. The zero-order valence-electron chi connectivity index (χ0n) is 15.7. The number of ether oxygens (including phenoxy) is 1. The summed E-state index contributed by atoms with van der Waals surface area (Å²) in [6.45, 7) is 5.37. The number of rotatable bonds is 7. The number of amides is 1. The number of nitrogens with one attached hydrogen (secondary N) is 1. The molecule has 0 aliphatic carbocycles. The lowest BCUT2D eigenvalue weighted by Crippen LogP contribution is -2.28. The maximum atomic E-state index is 12.2. The van der Waals surface area contributed by atoms with Crippen LogP contribution >= 0.6 is 0 Å². The second-order valence-corrected chi connectivity index (χ2v) is 7.14. The van der Waals surface area contributed by atoms with Gasteiger partial charge in [-0.25, -0.2) is 4.98 Å². The van der Waals surface area contributed by atoms with Crippen LogP contribution in [0.3, 0.4) is 0 Å². The van der Waals surface area contributed by atoms with Crippen LogP contribution in [0.25, 0.3) is 0 Å². The lowest BCUT2D eigenvalue weighted by atomic mass is 9.99. The van der Waals surface area contributed by atoms with Crippen LogP contribution in [0.2, 0.25) is 0 Å². The molecule has 1 amide bonds. The van der Waals surface area contributed by atoms with E-state index in [-0.39, 0.29) is 17.9 Å². The number of carbonyl (C=O) groups is 1. The molecule has 0 saturated carbocycles. The lowest BCUT2D eigenvalue weighted by Gasteiger charge is -2.24. The molecule has 2 aromatic rings. The van der Waals surface area contributed by atoms with Gasteiger partial charge in [-0.3, -0.25) is 9.78 Å². The molecule has 3 rings (SSSR count). The first-order valence-electron chi connectivity index (χ1n) is 8.87. The molecule has 140 valence electrons. The zero-order valence-corrected chi connectivity index (χ0v) is 15.7. The van der Waals surface area contributed by atoms with Gasteiger partial charge in [0.15, 0.2) is 0 Å². The normalized spacial score (nSPS) is 20.0. The van der Waals surface area contributed by atoms with Crippen molar-refractivity contribution in [3.8, 4) is 5.88 Å². The minimum Gasteiger partial charge on any atom is -0.476 e. The molecule has 1 saturated heterocycles. The van der Waals surface area contributed by atoms with Crippen LogP contribution in [0.15, 0.2) is 24.8 Å². The highest BCUT2D eigenvalue weighted by Crippen LogP contribution is 2.36. The van der Waals surface area contributed by atoms with Crippen molar-refractivity contribution >= 4 is 11.7 Å². The summed E-state index contributed by atoms with van der Waals surface area (Å²) in [5.74, 6) is 2.70. The van der Waals surface area contributed by atoms with E-state index in [0.717, 1.165) is 5.82 Å². The van der Waals surface area contributed by atoms with Gasteiger partial charge in [0.05, 0.1) is 25.0 Å². The number of likely N-dealkylation sites (tertiary alicyclic amines) is 1. The van der Waals surface area contributed by atoms with Gasteiger partial charge in [0.2, 0.25) is 11.8 Å². The Morgan fingerprint density at radius 2 is 2.15 bits per heavy atom. The minimum absolute atomic E-state index is 0.0525. The standard InChI is InChI=1S/C18H26N6O2/c1-12(2)11-26-15-10-19-9-14(22-15)21-8-13-7-16(25)24(4)17(13)18-20-5-6-23(18)3/h5-6,9-10,12-13,17H,7-8,11H2,1-4H3,(H,21,22)/t13-,17+/m0/s1. The number of aromatic nitrogens is 4. The summed E-state index contributed by atoms with van der Waals surface area (Å²) < 4.78 is 7.59. The summed E-state index contributed by atoms with van der Waals surface area (Å²) in [6.07, 6.45) is 7.42. The fourth-order valence-electron chi connectivity index (χ4n) is 3.17. The van der Waals surface area contributed by atoms with Crippen molar-refractivity contribution in [2.24, 2.45) is 18.9 Å². The van der Waals surface area contributed by atoms with Crippen LogP contribution in [0.4, 0.5) is 5.82 Å². The number of carbonyl (C=O) groups excluding carboxylic acids is 1. The van der Waals surface area contributed by atoms with Gasteiger partial charge in [-0.05, 0) is 5.92 Å². The van der Waals surface area contributed by atoms with E-state index in [9.17, 15) is 4.79 Å². The Kier molecular flexibility index (Phi) is 5.39. The summed E-state index contributed by atoms with van der Waals surface area (Å²) in [4.78, 5) is 27.1. The van der Waals surface area contributed by atoms with E-state index in [1.165, 1.54) is 0 Å². The molecule has 1 N–H and O–H groups in total. The van der Waals surface area contributed by atoms with E-state index in [0.29, 0.717) is 37.2 Å². The Bertz CT molecular complexity index is 760. The quantitative estimate of drug-likeness (QED) is 0.813. The highest BCUT2D eigenvalue weighted by atomic mass is 16.5. The SMILES string of the molecule is CC(C)COc1cncc(NC[C@@H]2CC(=O)N(C)[C@H]2c2nccn2C)n1. The zero-order chi connectivity index (χ0) is 18.7. The number of nitrogens with zero attached hydrogens (tertiary/aromatic N) is 5. The molecule has 26 heavy (non-hydrogen) atoms. The van der Waals surface area contributed by atoms with Crippen molar-refractivity contribution in [2.75, 3.05) is 25.5 Å². The summed E-state index contributed by atoms with van der Waals surface area (Å²) in [5.41, 5.74) is 0. The minimum atomic E-state index is -0.0525. The Balaban J connectivity index is 1.67. The molecular formula is C18H26N6O2. The van der Waals surface area contributed by atoms with E-state index in [1.54, 1.807) is 23.5 Å². The van der Waals surface area contributed by atoms with Crippen LogP contribution in [-0.2, 0) is 11.8 Å². The van der Waals surface area contributed by atoms with Gasteiger partial charge in [-0.1, -0.05) is 13.8 Å². The number of anilines is 1. The first-order valence-corrected chi connectivity index (χ1v) is 8.87. The summed E-state index contributed by atoms with van der Waals surface area (Å²) >= 11 is 0. The van der Waals surface area contributed by atoms with Gasteiger partial charge in [-0.15, -0.1) is 0 Å². The summed E-state index contributed by atoms with van der Waals surface area (Å²) in [7, 11) is 3.78. The summed E-state index contributed by atoms with van der Waals surface area (Å²) in [6, 6.07) is -0.0525. The molecule has 1 fully saturated rings. The maximum absolute atomic E-state index is 12.2. The van der Waals surface area contributed by atoms with Crippen LogP contribution < -0.4 is 10.1 Å². The molecule has 2 aromatic heterocycles. The van der Waals surface area contributed by atoms with E-state index in [2.05, 4.69) is 34.1 Å². The molecule has 3 heterocycles. The smallest absolute Gasteiger partial charge is 0.234 e. The van der Waals surface area contributed by atoms with Crippen molar-refractivity contribution in [3.63, 3.8) is 0 Å². The van der Waals surface area contributed by atoms with E-state index < -0.39 is 0 Å². The molecule has 2 atom stereocenters. The third kappa shape index (κ3) is 3.95. The highest BCUT2D eigenvalue weighted by Gasteiger charge is 2.40. The van der Waals surface area contributed by atoms with E-state index in [4.69, 9.17) is 4.74 Å². The molecule has 0 radical (unpaired) electrons. The first-order chi connectivity index (χ1) is 12.5. The molecule has 0 unspecified atom stereocenters.